The number of sulfonamides is 1. The Hall–Kier alpha value is -3.93. The second-order valence-electron chi connectivity index (χ2n) is 12.0. The fourth-order valence-corrected chi connectivity index (χ4v) is 7.28. The van der Waals surface area contributed by atoms with Gasteiger partial charge in [0.05, 0.1) is 27.9 Å². The maximum absolute atomic E-state index is 13.8. The molecule has 7 rings (SSSR count). The molecule has 2 aliphatic heterocycles. The summed E-state index contributed by atoms with van der Waals surface area (Å²) in [6.07, 6.45) is 11.9. The lowest BCUT2D eigenvalue weighted by atomic mass is 9.93. The van der Waals surface area contributed by atoms with Gasteiger partial charge in [-0.1, -0.05) is 0 Å². The van der Waals surface area contributed by atoms with Gasteiger partial charge < -0.3 is 15.1 Å². The number of allylic oxidation sites excluding steroid dienone is 2. The van der Waals surface area contributed by atoms with Crippen LogP contribution in [0.1, 0.15) is 48.9 Å². The molecule has 4 aliphatic rings. The summed E-state index contributed by atoms with van der Waals surface area (Å²) in [4.78, 5) is 17.5. The van der Waals surface area contributed by atoms with Crippen molar-refractivity contribution in [3.63, 3.8) is 0 Å². The number of hydrogen-bond donors (Lipinski definition) is 2. The van der Waals surface area contributed by atoms with E-state index in [0.29, 0.717) is 52.1 Å². The Labute approximate surface area is 242 Å². The summed E-state index contributed by atoms with van der Waals surface area (Å²) in [6.45, 7) is 1.59. The van der Waals surface area contributed by atoms with Crippen molar-refractivity contribution in [2.75, 3.05) is 32.9 Å². The molecule has 0 atom stereocenters. The smallest absolute Gasteiger partial charge is 0.288 e. The highest BCUT2D eigenvalue weighted by Gasteiger charge is 2.45. The third-order valence-corrected chi connectivity index (χ3v) is 10.6. The van der Waals surface area contributed by atoms with Gasteiger partial charge in [0, 0.05) is 62.0 Å². The van der Waals surface area contributed by atoms with Gasteiger partial charge in [-0.25, -0.2) is 8.42 Å². The van der Waals surface area contributed by atoms with E-state index in [1.54, 1.807) is 53.2 Å². The van der Waals surface area contributed by atoms with E-state index in [1.807, 2.05) is 0 Å². The topological polar surface area (TPSA) is 99.6 Å². The second kappa shape index (κ2) is 9.55. The van der Waals surface area contributed by atoms with Crippen LogP contribution in [0.2, 0.25) is 0 Å². The molecule has 1 spiro atoms. The molecule has 0 radical (unpaired) electrons. The summed E-state index contributed by atoms with van der Waals surface area (Å²) in [5.74, 6) is -3.38. The lowest BCUT2D eigenvalue weighted by Gasteiger charge is -2.35. The molecule has 220 valence electrons. The van der Waals surface area contributed by atoms with Crippen LogP contribution in [0.25, 0.3) is 10.9 Å². The number of halogens is 2. The van der Waals surface area contributed by atoms with Crippen molar-refractivity contribution in [1.82, 2.24) is 9.78 Å². The molecule has 3 heterocycles. The van der Waals surface area contributed by atoms with E-state index in [2.05, 4.69) is 20.0 Å². The van der Waals surface area contributed by atoms with Crippen molar-refractivity contribution in [1.29, 1.82) is 0 Å². The van der Waals surface area contributed by atoms with Gasteiger partial charge in [-0.3, -0.25) is 14.2 Å². The van der Waals surface area contributed by atoms with E-state index in [0.717, 1.165) is 43.5 Å². The van der Waals surface area contributed by atoms with E-state index in [9.17, 15) is 22.0 Å². The number of amides is 1. The Morgan fingerprint density at radius 3 is 2.33 bits per heavy atom. The van der Waals surface area contributed by atoms with Gasteiger partial charge in [-0.2, -0.15) is 13.9 Å². The summed E-state index contributed by atoms with van der Waals surface area (Å²) < 4.78 is 57.1. The standard InChI is InChI=1S/C30H32F2N6O3S/c1-36-19-20-16-22(18-26(27(20)34-36)38-14-10-30(31,32)11-15-38)33-28(39)24-5-2-21(35-42(40,41)23-3-4-23)17-25(24)37-12-8-29(6-7-29)9-13-37/h2,5,10-11,14-19,23,35H,3-4,6-9,12-13H2,1H3,(H,33,39). The van der Waals surface area contributed by atoms with E-state index < -0.39 is 15.9 Å². The monoisotopic (exact) mass is 594 g/mol. The van der Waals surface area contributed by atoms with Crippen LogP contribution in [-0.2, 0) is 17.1 Å². The highest BCUT2D eigenvalue weighted by molar-refractivity contribution is 7.93. The van der Waals surface area contributed by atoms with Crippen molar-refractivity contribution in [2.24, 2.45) is 12.5 Å². The number of carbonyl (C=O) groups is 1. The lowest BCUT2D eigenvalue weighted by molar-refractivity contribution is 0.102. The predicted molar refractivity (Wildman–Crippen MR) is 159 cm³/mol. The van der Waals surface area contributed by atoms with Gasteiger partial charge in [-0.05, 0) is 74.3 Å². The van der Waals surface area contributed by atoms with Gasteiger partial charge in [0.2, 0.25) is 10.0 Å². The molecule has 0 bridgehead atoms. The zero-order valence-electron chi connectivity index (χ0n) is 23.2. The van der Waals surface area contributed by atoms with Gasteiger partial charge in [0.25, 0.3) is 11.8 Å². The predicted octanol–water partition coefficient (Wildman–Crippen LogP) is 5.59. The second-order valence-corrected chi connectivity index (χ2v) is 13.9. The quantitative estimate of drug-likeness (QED) is 0.370. The number of carbonyl (C=O) groups excluding carboxylic acids is 1. The number of fused-ring (bicyclic) bond motifs is 1. The highest BCUT2D eigenvalue weighted by Crippen LogP contribution is 2.54. The third-order valence-electron chi connectivity index (χ3n) is 8.74. The minimum atomic E-state index is -3.46. The van der Waals surface area contributed by atoms with Crippen LogP contribution in [-0.4, -0.2) is 48.4 Å². The summed E-state index contributed by atoms with van der Waals surface area (Å²) in [6, 6.07) is 8.56. The van der Waals surface area contributed by atoms with Gasteiger partial charge in [0.1, 0.15) is 5.52 Å². The van der Waals surface area contributed by atoms with Crippen molar-refractivity contribution < 1.29 is 22.0 Å². The first-order chi connectivity index (χ1) is 20.0. The average Bonchev–Trinajstić information content (AvgIpc) is 3.87. The number of alkyl halides is 2. The van der Waals surface area contributed by atoms with Crippen LogP contribution in [0.4, 0.5) is 31.5 Å². The van der Waals surface area contributed by atoms with Crippen LogP contribution < -0.4 is 19.8 Å². The fraction of sp³-hybridized carbons (Fsp3) is 0.400. The first-order valence-electron chi connectivity index (χ1n) is 14.2. The zero-order valence-corrected chi connectivity index (χ0v) is 24.0. The molecule has 12 heteroatoms. The SMILES string of the molecule is Cn1cc2cc(NC(=O)c3ccc(NS(=O)(=O)C4CC4)cc3N3CCC4(CC3)CC4)cc(N3C=CC(F)(F)C=C3)c2n1. The van der Waals surface area contributed by atoms with E-state index in [-0.39, 0.29) is 11.2 Å². The molecule has 2 aliphatic carbocycles. The number of rotatable bonds is 7. The molecular weight excluding hydrogens is 562 g/mol. The molecule has 2 saturated carbocycles. The Bertz CT molecular complexity index is 1730. The molecule has 3 fully saturated rings. The summed E-state index contributed by atoms with van der Waals surface area (Å²) in [5.41, 5.74) is 3.62. The molecule has 9 nitrogen and oxygen atoms in total. The number of piperidine rings is 1. The van der Waals surface area contributed by atoms with Crippen LogP contribution in [0.15, 0.2) is 61.1 Å². The normalized spacial score (nSPS) is 20.7. The molecule has 1 amide bonds. The third kappa shape index (κ3) is 5.23. The molecule has 0 unspecified atom stereocenters. The van der Waals surface area contributed by atoms with Gasteiger partial charge in [-0.15, -0.1) is 0 Å². The number of nitrogens with zero attached hydrogens (tertiary/aromatic N) is 4. The lowest BCUT2D eigenvalue weighted by Crippen LogP contribution is -2.35. The van der Waals surface area contributed by atoms with E-state index in [1.165, 1.54) is 25.2 Å². The molecule has 1 saturated heterocycles. The summed E-state index contributed by atoms with van der Waals surface area (Å²) in [7, 11) is -1.69. The maximum Gasteiger partial charge on any atom is 0.288 e. The molecular formula is C30H32F2N6O3S. The minimum Gasteiger partial charge on any atom is -0.371 e. The molecule has 2 aromatic carbocycles. The minimum absolute atomic E-state index is 0.348. The maximum atomic E-state index is 13.8. The number of hydrogen-bond acceptors (Lipinski definition) is 6. The largest absolute Gasteiger partial charge is 0.371 e. The Balaban J connectivity index is 1.21. The highest BCUT2D eigenvalue weighted by atomic mass is 32.2. The molecule has 2 N–H and O–H groups in total. The first-order valence-corrected chi connectivity index (χ1v) is 15.8. The van der Waals surface area contributed by atoms with E-state index in [4.69, 9.17) is 0 Å². The van der Waals surface area contributed by atoms with Crippen LogP contribution >= 0.6 is 0 Å². The summed E-state index contributed by atoms with van der Waals surface area (Å²) in [5, 5.41) is 7.87. The number of aryl methyl sites for hydroxylation is 1. The van der Waals surface area contributed by atoms with E-state index >= 15 is 0 Å². The van der Waals surface area contributed by atoms with Crippen molar-refractivity contribution >= 4 is 49.6 Å². The number of benzene rings is 2. The Morgan fingerprint density at radius 1 is 0.976 bits per heavy atom. The van der Waals surface area contributed by atoms with Gasteiger partial charge in [0.15, 0.2) is 0 Å². The number of aromatic nitrogens is 2. The Morgan fingerprint density at radius 2 is 1.67 bits per heavy atom. The average molecular weight is 595 g/mol. The number of nitrogens with one attached hydrogen (secondary N) is 2. The zero-order chi connectivity index (χ0) is 29.3. The Kier molecular flexibility index (Phi) is 6.12. The fourth-order valence-electron chi connectivity index (χ4n) is 5.90. The first kappa shape index (κ1) is 26.9. The van der Waals surface area contributed by atoms with Crippen molar-refractivity contribution in [2.45, 2.75) is 49.7 Å². The number of anilines is 4. The molecule has 3 aromatic rings. The molecule has 1 aromatic heterocycles. The van der Waals surface area contributed by atoms with Crippen LogP contribution in [0, 0.1) is 5.41 Å². The van der Waals surface area contributed by atoms with Crippen molar-refractivity contribution in [3.05, 3.63) is 66.6 Å². The van der Waals surface area contributed by atoms with Crippen LogP contribution in [0.5, 0.6) is 0 Å². The van der Waals surface area contributed by atoms with Crippen LogP contribution in [0.3, 0.4) is 0 Å². The molecule has 42 heavy (non-hydrogen) atoms. The summed E-state index contributed by atoms with van der Waals surface area (Å²) >= 11 is 0. The van der Waals surface area contributed by atoms with Crippen molar-refractivity contribution in [3.8, 4) is 0 Å². The van der Waals surface area contributed by atoms with Gasteiger partial charge >= 0.3 is 0 Å².